The Morgan fingerprint density at radius 3 is 2.52 bits per heavy atom. The maximum absolute atomic E-state index is 14.2. The second-order valence-corrected chi connectivity index (χ2v) is 6.05. The van der Waals surface area contributed by atoms with E-state index in [1.54, 1.807) is 25.1 Å². The zero-order valence-electron chi connectivity index (χ0n) is 11.7. The van der Waals surface area contributed by atoms with Crippen molar-refractivity contribution in [2.45, 2.75) is 19.9 Å². The van der Waals surface area contributed by atoms with Crippen LogP contribution in [-0.4, -0.2) is 6.54 Å². The number of rotatable bonds is 4. The molecule has 2 aromatic rings. The second kappa shape index (κ2) is 6.86. The van der Waals surface area contributed by atoms with Crippen molar-refractivity contribution in [2.24, 2.45) is 0 Å². The molecule has 0 spiro atoms. The van der Waals surface area contributed by atoms with Gasteiger partial charge in [-0.1, -0.05) is 30.7 Å². The topological polar surface area (TPSA) is 12.0 Å². The summed E-state index contributed by atoms with van der Waals surface area (Å²) >= 11 is 9.25. The number of halogens is 4. The van der Waals surface area contributed by atoms with E-state index in [4.69, 9.17) is 11.6 Å². The lowest BCUT2D eigenvalue weighted by atomic mass is 9.97. The molecular weight excluding hydrogens is 360 g/mol. The van der Waals surface area contributed by atoms with E-state index < -0.39 is 11.9 Å². The number of hydrogen-bond donors (Lipinski definition) is 1. The third kappa shape index (κ3) is 3.62. The highest BCUT2D eigenvalue weighted by atomic mass is 79.9. The molecule has 0 amide bonds. The summed E-state index contributed by atoms with van der Waals surface area (Å²) in [5.74, 6) is -0.697. The Morgan fingerprint density at radius 1 is 1.19 bits per heavy atom. The molecule has 0 aliphatic heterocycles. The first-order valence-corrected chi connectivity index (χ1v) is 7.75. The molecule has 0 saturated heterocycles. The standard InChI is InChI=1S/C16H15BrClF2N/c1-3-21-16(10-5-4-9(2)14(19)6-10)11-7-13(18)12(17)8-15(11)20/h4-8,16,21H,3H2,1-2H3. The molecule has 0 aliphatic rings. The Balaban J connectivity index is 2.52. The molecule has 2 aromatic carbocycles. The average Bonchev–Trinajstić information content (AvgIpc) is 2.44. The van der Waals surface area contributed by atoms with Crippen molar-refractivity contribution in [3.05, 3.63) is 68.2 Å². The first kappa shape index (κ1) is 16.4. The molecule has 0 aromatic heterocycles. The predicted octanol–water partition coefficient (Wildman–Crippen LogP) is 5.39. The Morgan fingerprint density at radius 2 is 1.90 bits per heavy atom. The quantitative estimate of drug-likeness (QED) is 0.708. The van der Waals surface area contributed by atoms with Crippen LogP contribution >= 0.6 is 27.5 Å². The van der Waals surface area contributed by atoms with E-state index in [1.807, 2.05) is 6.92 Å². The van der Waals surface area contributed by atoms with Crippen molar-refractivity contribution in [3.8, 4) is 0 Å². The van der Waals surface area contributed by atoms with Gasteiger partial charge in [-0.25, -0.2) is 8.78 Å². The second-order valence-electron chi connectivity index (χ2n) is 4.79. The Bertz CT molecular complexity index is 661. The Kier molecular flexibility index (Phi) is 5.36. The zero-order chi connectivity index (χ0) is 15.6. The van der Waals surface area contributed by atoms with E-state index in [9.17, 15) is 8.78 Å². The summed E-state index contributed by atoms with van der Waals surface area (Å²) in [5, 5.41) is 3.59. The van der Waals surface area contributed by atoms with Gasteiger partial charge in [0.2, 0.25) is 0 Å². The largest absolute Gasteiger partial charge is 0.306 e. The summed E-state index contributed by atoms with van der Waals surface area (Å²) in [5.41, 5.74) is 1.62. The minimum Gasteiger partial charge on any atom is -0.306 e. The van der Waals surface area contributed by atoms with E-state index >= 15 is 0 Å². The van der Waals surface area contributed by atoms with Crippen LogP contribution in [0.15, 0.2) is 34.8 Å². The fourth-order valence-corrected chi connectivity index (χ4v) is 2.65. The minimum absolute atomic E-state index is 0.306. The molecule has 0 heterocycles. The van der Waals surface area contributed by atoms with Gasteiger partial charge in [-0.05, 0) is 58.7 Å². The van der Waals surface area contributed by atoms with Gasteiger partial charge in [-0.3, -0.25) is 0 Å². The van der Waals surface area contributed by atoms with Gasteiger partial charge in [-0.2, -0.15) is 0 Å². The van der Waals surface area contributed by atoms with Crippen LogP contribution in [0.5, 0.6) is 0 Å². The highest BCUT2D eigenvalue weighted by Crippen LogP contribution is 2.32. The maximum atomic E-state index is 14.2. The predicted molar refractivity (Wildman–Crippen MR) is 85.8 cm³/mol. The number of aryl methyl sites for hydroxylation is 1. The molecule has 2 rings (SSSR count). The molecule has 0 saturated carbocycles. The molecule has 112 valence electrons. The van der Waals surface area contributed by atoms with Crippen molar-refractivity contribution in [1.82, 2.24) is 5.32 Å². The Labute approximate surface area is 136 Å². The van der Waals surface area contributed by atoms with Gasteiger partial charge in [0, 0.05) is 10.0 Å². The first-order chi connectivity index (χ1) is 9.93. The third-order valence-electron chi connectivity index (χ3n) is 3.29. The molecule has 21 heavy (non-hydrogen) atoms. The molecule has 0 aliphatic carbocycles. The molecule has 0 radical (unpaired) electrons. The molecule has 0 bridgehead atoms. The summed E-state index contributed by atoms with van der Waals surface area (Å²) in [6.45, 7) is 4.22. The number of hydrogen-bond acceptors (Lipinski definition) is 1. The lowest BCUT2D eigenvalue weighted by Gasteiger charge is -2.20. The van der Waals surface area contributed by atoms with Crippen LogP contribution in [0.3, 0.4) is 0 Å². The lowest BCUT2D eigenvalue weighted by Crippen LogP contribution is -2.23. The molecular formula is C16H15BrClF2N. The number of nitrogens with one attached hydrogen (secondary N) is 1. The monoisotopic (exact) mass is 373 g/mol. The van der Waals surface area contributed by atoms with Crippen LogP contribution in [0.25, 0.3) is 0 Å². The van der Waals surface area contributed by atoms with Crippen LogP contribution in [0.4, 0.5) is 8.78 Å². The van der Waals surface area contributed by atoms with Crippen LogP contribution in [0, 0.1) is 18.6 Å². The van der Waals surface area contributed by atoms with E-state index in [0.29, 0.717) is 32.7 Å². The normalized spacial score (nSPS) is 12.5. The van der Waals surface area contributed by atoms with Gasteiger partial charge in [0.15, 0.2) is 0 Å². The molecule has 1 N–H and O–H groups in total. The van der Waals surface area contributed by atoms with Gasteiger partial charge in [0.25, 0.3) is 0 Å². The van der Waals surface area contributed by atoms with Crippen molar-refractivity contribution >= 4 is 27.5 Å². The molecule has 0 fully saturated rings. The summed E-state index contributed by atoms with van der Waals surface area (Å²) in [6.07, 6.45) is 0. The fraction of sp³-hybridized carbons (Fsp3) is 0.250. The molecule has 1 unspecified atom stereocenters. The molecule has 5 heteroatoms. The zero-order valence-corrected chi connectivity index (χ0v) is 14.0. The van der Waals surface area contributed by atoms with Gasteiger partial charge in [0.05, 0.1) is 11.1 Å². The van der Waals surface area contributed by atoms with E-state index in [2.05, 4.69) is 21.2 Å². The average molecular weight is 375 g/mol. The smallest absolute Gasteiger partial charge is 0.129 e. The lowest BCUT2D eigenvalue weighted by molar-refractivity contribution is 0.553. The SMILES string of the molecule is CCNC(c1ccc(C)c(F)c1)c1cc(Cl)c(Br)cc1F. The minimum atomic E-state index is -0.448. The van der Waals surface area contributed by atoms with Gasteiger partial charge in [0.1, 0.15) is 11.6 Å². The summed E-state index contributed by atoms with van der Waals surface area (Å²) < 4.78 is 28.5. The van der Waals surface area contributed by atoms with Crippen LogP contribution < -0.4 is 5.32 Å². The molecule has 1 nitrogen and oxygen atoms in total. The van der Waals surface area contributed by atoms with E-state index in [1.165, 1.54) is 12.1 Å². The van der Waals surface area contributed by atoms with Crippen molar-refractivity contribution in [3.63, 3.8) is 0 Å². The van der Waals surface area contributed by atoms with E-state index in [-0.39, 0.29) is 5.82 Å². The van der Waals surface area contributed by atoms with Crippen molar-refractivity contribution in [2.75, 3.05) is 6.54 Å². The van der Waals surface area contributed by atoms with Crippen molar-refractivity contribution in [1.29, 1.82) is 0 Å². The highest BCUT2D eigenvalue weighted by molar-refractivity contribution is 9.10. The van der Waals surface area contributed by atoms with E-state index in [0.717, 1.165) is 0 Å². The highest BCUT2D eigenvalue weighted by Gasteiger charge is 2.19. The number of benzene rings is 2. The Hall–Kier alpha value is -0.970. The van der Waals surface area contributed by atoms with Gasteiger partial charge in [-0.15, -0.1) is 0 Å². The van der Waals surface area contributed by atoms with Gasteiger partial charge >= 0.3 is 0 Å². The van der Waals surface area contributed by atoms with Crippen LogP contribution in [-0.2, 0) is 0 Å². The van der Waals surface area contributed by atoms with Gasteiger partial charge < -0.3 is 5.32 Å². The first-order valence-electron chi connectivity index (χ1n) is 6.58. The summed E-state index contributed by atoms with van der Waals surface area (Å²) in [6, 6.07) is 7.35. The summed E-state index contributed by atoms with van der Waals surface area (Å²) in [7, 11) is 0. The molecule has 1 atom stereocenters. The summed E-state index contributed by atoms with van der Waals surface area (Å²) in [4.78, 5) is 0. The van der Waals surface area contributed by atoms with Crippen LogP contribution in [0.1, 0.15) is 29.7 Å². The maximum Gasteiger partial charge on any atom is 0.129 e. The fourth-order valence-electron chi connectivity index (χ4n) is 2.16. The third-order valence-corrected chi connectivity index (χ3v) is 4.49. The van der Waals surface area contributed by atoms with Crippen LogP contribution in [0.2, 0.25) is 5.02 Å². The van der Waals surface area contributed by atoms with Crippen molar-refractivity contribution < 1.29 is 8.78 Å².